The van der Waals surface area contributed by atoms with Crippen LogP contribution in [0.15, 0.2) is 0 Å². The summed E-state index contributed by atoms with van der Waals surface area (Å²) in [6.45, 7) is 2.08. The molecule has 1 heterocycles. The fraction of sp³-hybridized carbons (Fsp3) is 0.714. The Balaban J connectivity index is 1.69. The lowest BCUT2D eigenvalue weighted by molar-refractivity contribution is 0.0922. The molecular weight excluding hydrogens is 240 g/mol. The molecule has 2 aliphatic carbocycles. The lowest BCUT2D eigenvalue weighted by atomic mass is 10.1. The number of rotatable bonds is 6. The molecule has 0 spiro atoms. The van der Waals surface area contributed by atoms with Crippen molar-refractivity contribution in [1.82, 2.24) is 15.5 Å². The minimum Gasteiger partial charge on any atom is -0.395 e. The molecule has 0 unspecified atom stereocenters. The summed E-state index contributed by atoms with van der Waals surface area (Å²) in [5, 5.41) is 10.1. The molecule has 3 rings (SSSR count). The van der Waals surface area contributed by atoms with Crippen LogP contribution in [0, 0.1) is 11.8 Å². The number of H-pyrrole nitrogens is 1. The normalized spacial score (nSPS) is 18.8. The van der Waals surface area contributed by atoms with Gasteiger partial charge in [-0.2, -0.15) is 5.10 Å². The topological polar surface area (TPSA) is 83.8 Å². The minimum absolute atomic E-state index is 0.111. The molecule has 2 saturated carbocycles. The number of nitrogen functional groups attached to an aromatic ring is 1. The van der Waals surface area contributed by atoms with Gasteiger partial charge in [0.2, 0.25) is 0 Å². The number of aromatic amines is 1. The fourth-order valence-corrected chi connectivity index (χ4v) is 2.75. The molecule has 2 aliphatic rings. The van der Waals surface area contributed by atoms with Crippen LogP contribution in [-0.2, 0) is 6.42 Å². The number of carbonyl (C=O) groups is 1. The van der Waals surface area contributed by atoms with Crippen molar-refractivity contribution in [2.24, 2.45) is 11.8 Å². The second kappa shape index (κ2) is 4.87. The van der Waals surface area contributed by atoms with E-state index in [0.717, 1.165) is 18.5 Å². The van der Waals surface area contributed by atoms with E-state index < -0.39 is 0 Å². The van der Waals surface area contributed by atoms with E-state index in [1.165, 1.54) is 25.7 Å². The zero-order valence-electron chi connectivity index (χ0n) is 11.4. The van der Waals surface area contributed by atoms with Gasteiger partial charge in [0.25, 0.3) is 5.91 Å². The summed E-state index contributed by atoms with van der Waals surface area (Å²) in [5.74, 6) is 1.26. The Morgan fingerprint density at radius 3 is 2.58 bits per heavy atom. The van der Waals surface area contributed by atoms with Gasteiger partial charge in [-0.1, -0.05) is 13.3 Å². The summed E-state index contributed by atoms with van der Waals surface area (Å²) >= 11 is 0. The van der Waals surface area contributed by atoms with Crippen LogP contribution in [0.2, 0.25) is 0 Å². The molecule has 4 N–H and O–H groups in total. The highest BCUT2D eigenvalue weighted by Crippen LogP contribution is 2.44. The molecule has 1 aromatic heterocycles. The smallest absolute Gasteiger partial charge is 0.274 e. The maximum absolute atomic E-state index is 12.3. The maximum Gasteiger partial charge on any atom is 0.274 e. The van der Waals surface area contributed by atoms with Crippen molar-refractivity contribution < 1.29 is 4.79 Å². The van der Waals surface area contributed by atoms with Crippen molar-refractivity contribution >= 4 is 11.6 Å². The van der Waals surface area contributed by atoms with Crippen LogP contribution in [0.3, 0.4) is 0 Å². The molecule has 0 aromatic carbocycles. The lowest BCUT2D eigenvalue weighted by Gasteiger charge is -2.16. The predicted molar refractivity (Wildman–Crippen MR) is 73.7 cm³/mol. The number of nitrogens with two attached hydrogens (primary N) is 1. The van der Waals surface area contributed by atoms with Gasteiger partial charge in [0.05, 0.1) is 11.4 Å². The van der Waals surface area contributed by atoms with Crippen LogP contribution in [-0.4, -0.2) is 22.1 Å². The first-order chi connectivity index (χ1) is 9.20. The third-order valence-electron chi connectivity index (χ3n) is 4.16. The van der Waals surface area contributed by atoms with E-state index in [1.54, 1.807) is 0 Å². The van der Waals surface area contributed by atoms with Crippen LogP contribution < -0.4 is 11.1 Å². The molecule has 104 valence electrons. The third-order valence-corrected chi connectivity index (χ3v) is 4.16. The number of aromatic nitrogens is 2. The first-order valence-corrected chi connectivity index (χ1v) is 7.34. The number of hydrogen-bond acceptors (Lipinski definition) is 3. The second-order valence-electron chi connectivity index (χ2n) is 5.89. The summed E-state index contributed by atoms with van der Waals surface area (Å²) in [7, 11) is 0. The van der Waals surface area contributed by atoms with E-state index in [9.17, 15) is 4.79 Å². The van der Waals surface area contributed by atoms with E-state index in [4.69, 9.17) is 5.73 Å². The summed E-state index contributed by atoms with van der Waals surface area (Å²) in [5.41, 5.74) is 7.76. The fourth-order valence-electron chi connectivity index (χ4n) is 2.75. The highest BCUT2D eigenvalue weighted by molar-refractivity contribution is 5.97. The van der Waals surface area contributed by atoms with Crippen LogP contribution in [0.1, 0.15) is 55.2 Å². The molecule has 0 saturated heterocycles. The highest BCUT2D eigenvalue weighted by Gasteiger charge is 2.42. The molecular formula is C14H22N4O. The Kier molecular flexibility index (Phi) is 3.21. The highest BCUT2D eigenvalue weighted by atomic mass is 16.2. The van der Waals surface area contributed by atoms with Gasteiger partial charge in [-0.15, -0.1) is 0 Å². The van der Waals surface area contributed by atoms with Crippen LogP contribution in [0.25, 0.3) is 0 Å². The van der Waals surface area contributed by atoms with Crippen molar-refractivity contribution in [2.45, 2.75) is 51.5 Å². The van der Waals surface area contributed by atoms with Crippen molar-refractivity contribution in [3.8, 4) is 0 Å². The van der Waals surface area contributed by atoms with Gasteiger partial charge in [-0.3, -0.25) is 9.89 Å². The Hall–Kier alpha value is -1.52. The minimum atomic E-state index is -0.111. The number of anilines is 1. The summed E-state index contributed by atoms with van der Waals surface area (Å²) in [6, 6.07) is 0.346. The molecule has 5 nitrogen and oxygen atoms in total. The predicted octanol–water partition coefficient (Wildman–Crippen LogP) is 1.86. The number of carbonyl (C=O) groups excluding carboxylic acids is 1. The average Bonchev–Trinajstić information content (AvgIpc) is 3.27. The van der Waals surface area contributed by atoms with Crippen molar-refractivity contribution in [1.29, 1.82) is 0 Å². The van der Waals surface area contributed by atoms with Gasteiger partial charge in [0.1, 0.15) is 0 Å². The number of nitrogens with one attached hydrogen (secondary N) is 2. The number of nitrogens with zero attached hydrogens (tertiary/aromatic N) is 1. The Morgan fingerprint density at radius 1 is 1.42 bits per heavy atom. The largest absolute Gasteiger partial charge is 0.395 e. The van der Waals surface area contributed by atoms with E-state index in [0.29, 0.717) is 29.3 Å². The van der Waals surface area contributed by atoms with E-state index in [-0.39, 0.29) is 5.91 Å². The first-order valence-electron chi connectivity index (χ1n) is 7.34. The lowest BCUT2D eigenvalue weighted by Crippen LogP contribution is -2.38. The van der Waals surface area contributed by atoms with E-state index >= 15 is 0 Å². The molecule has 1 amide bonds. The zero-order chi connectivity index (χ0) is 13.4. The first kappa shape index (κ1) is 12.5. The SMILES string of the molecule is CCCc1[nH]nc(C(=O)NC(C2CC2)C2CC2)c1N. The van der Waals surface area contributed by atoms with Crippen molar-refractivity contribution in [3.63, 3.8) is 0 Å². The quantitative estimate of drug-likeness (QED) is 0.731. The van der Waals surface area contributed by atoms with Crippen molar-refractivity contribution in [3.05, 3.63) is 11.4 Å². The van der Waals surface area contributed by atoms with Crippen LogP contribution in [0.4, 0.5) is 5.69 Å². The van der Waals surface area contributed by atoms with E-state index in [2.05, 4.69) is 22.4 Å². The summed E-state index contributed by atoms with van der Waals surface area (Å²) in [4.78, 5) is 12.3. The number of hydrogen-bond donors (Lipinski definition) is 3. The number of amides is 1. The molecule has 5 heteroatoms. The molecule has 0 aliphatic heterocycles. The maximum atomic E-state index is 12.3. The standard InChI is InChI=1S/C14H22N4O/c1-2-3-10-11(15)13(18-17-10)14(19)16-12(8-4-5-8)9-6-7-9/h8-9,12H,2-7,15H2,1H3,(H,16,19)(H,17,18). The van der Waals surface area contributed by atoms with Gasteiger partial charge in [-0.05, 0) is 43.9 Å². The van der Waals surface area contributed by atoms with Gasteiger partial charge in [-0.25, -0.2) is 0 Å². The third kappa shape index (κ3) is 2.60. The van der Waals surface area contributed by atoms with Gasteiger partial charge in [0, 0.05) is 6.04 Å². The molecule has 19 heavy (non-hydrogen) atoms. The van der Waals surface area contributed by atoms with Crippen molar-refractivity contribution in [2.75, 3.05) is 5.73 Å². The molecule has 2 fully saturated rings. The molecule has 1 aromatic rings. The second-order valence-corrected chi connectivity index (χ2v) is 5.89. The zero-order valence-corrected chi connectivity index (χ0v) is 11.4. The Morgan fingerprint density at radius 2 is 2.05 bits per heavy atom. The van der Waals surface area contributed by atoms with Gasteiger partial charge < -0.3 is 11.1 Å². The summed E-state index contributed by atoms with van der Waals surface area (Å²) < 4.78 is 0. The van der Waals surface area contributed by atoms with Crippen LogP contribution >= 0.6 is 0 Å². The molecule has 0 bridgehead atoms. The average molecular weight is 262 g/mol. The van der Waals surface area contributed by atoms with Gasteiger partial charge >= 0.3 is 0 Å². The van der Waals surface area contributed by atoms with Gasteiger partial charge in [0.15, 0.2) is 5.69 Å². The van der Waals surface area contributed by atoms with E-state index in [1.807, 2.05) is 0 Å². The Bertz CT molecular complexity index is 462. The number of aryl methyl sites for hydroxylation is 1. The Labute approximate surface area is 113 Å². The molecule has 0 radical (unpaired) electrons. The van der Waals surface area contributed by atoms with Crippen LogP contribution in [0.5, 0.6) is 0 Å². The monoisotopic (exact) mass is 262 g/mol. The summed E-state index contributed by atoms with van der Waals surface area (Å²) in [6.07, 6.45) is 6.81. The molecule has 0 atom stereocenters.